The zero-order valence-electron chi connectivity index (χ0n) is 18.8. The highest BCUT2D eigenvalue weighted by molar-refractivity contribution is 5.54. The molecule has 0 N–H and O–H groups in total. The van der Waals surface area contributed by atoms with E-state index in [1.54, 1.807) is 7.11 Å². The average Bonchev–Trinajstić information content (AvgIpc) is 2.79. The molecule has 31 heavy (non-hydrogen) atoms. The van der Waals surface area contributed by atoms with Crippen molar-refractivity contribution in [3.63, 3.8) is 0 Å². The maximum absolute atomic E-state index is 6.00. The molecule has 1 aliphatic rings. The van der Waals surface area contributed by atoms with Crippen molar-refractivity contribution in [3.8, 4) is 11.5 Å². The molecule has 4 nitrogen and oxygen atoms in total. The van der Waals surface area contributed by atoms with Gasteiger partial charge in [0, 0.05) is 38.4 Å². The molecule has 162 valence electrons. The molecule has 1 aliphatic heterocycles. The third-order valence-electron chi connectivity index (χ3n) is 5.94. The summed E-state index contributed by atoms with van der Waals surface area (Å²) in [6.07, 6.45) is 0. The van der Waals surface area contributed by atoms with Crippen LogP contribution < -0.4 is 14.4 Å². The van der Waals surface area contributed by atoms with E-state index in [-0.39, 0.29) is 0 Å². The van der Waals surface area contributed by atoms with Gasteiger partial charge in [-0.25, -0.2) is 0 Å². The highest BCUT2D eigenvalue weighted by atomic mass is 16.5. The summed E-state index contributed by atoms with van der Waals surface area (Å²) in [5, 5.41) is 0. The molecular formula is C27H32N2O2. The standard InChI is InChI=1S/C27H32N2O2/c1-21-9-11-25(22(2)17-21)29-15-13-28(14-16-29)19-24-10-12-26(27(18-24)30-3)31-20-23-7-5-4-6-8-23/h4-12,17-18H,13-16,19-20H2,1-3H3. The Balaban J connectivity index is 1.34. The van der Waals surface area contributed by atoms with Gasteiger partial charge in [-0.05, 0) is 48.7 Å². The van der Waals surface area contributed by atoms with Crippen LogP contribution in [-0.2, 0) is 13.2 Å². The van der Waals surface area contributed by atoms with E-state index in [0.717, 1.165) is 49.8 Å². The first-order valence-corrected chi connectivity index (χ1v) is 11.0. The van der Waals surface area contributed by atoms with Gasteiger partial charge in [0.2, 0.25) is 0 Å². The van der Waals surface area contributed by atoms with Crippen molar-refractivity contribution < 1.29 is 9.47 Å². The average molecular weight is 417 g/mol. The lowest BCUT2D eigenvalue weighted by Gasteiger charge is -2.37. The fourth-order valence-electron chi connectivity index (χ4n) is 4.23. The van der Waals surface area contributed by atoms with Gasteiger partial charge in [0.25, 0.3) is 0 Å². The van der Waals surface area contributed by atoms with E-state index < -0.39 is 0 Å². The summed E-state index contributed by atoms with van der Waals surface area (Å²) in [5.41, 5.74) is 6.46. The molecular weight excluding hydrogens is 384 g/mol. The van der Waals surface area contributed by atoms with Crippen LogP contribution in [0.3, 0.4) is 0 Å². The second-order valence-corrected chi connectivity index (χ2v) is 8.31. The summed E-state index contributed by atoms with van der Waals surface area (Å²) in [6, 6.07) is 23.2. The van der Waals surface area contributed by atoms with E-state index in [1.165, 1.54) is 22.4 Å². The monoisotopic (exact) mass is 416 g/mol. The molecule has 4 rings (SSSR count). The van der Waals surface area contributed by atoms with E-state index in [9.17, 15) is 0 Å². The Labute approximate surface area is 186 Å². The zero-order chi connectivity index (χ0) is 21.6. The van der Waals surface area contributed by atoms with Gasteiger partial charge in [0.15, 0.2) is 11.5 Å². The molecule has 0 unspecified atom stereocenters. The van der Waals surface area contributed by atoms with Gasteiger partial charge in [0.05, 0.1) is 7.11 Å². The summed E-state index contributed by atoms with van der Waals surface area (Å²) in [5.74, 6) is 1.58. The van der Waals surface area contributed by atoms with Crippen LogP contribution in [0.25, 0.3) is 0 Å². The Morgan fingerprint density at radius 2 is 1.55 bits per heavy atom. The zero-order valence-corrected chi connectivity index (χ0v) is 18.8. The van der Waals surface area contributed by atoms with Gasteiger partial charge < -0.3 is 14.4 Å². The van der Waals surface area contributed by atoms with Crippen molar-refractivity contribution in [2.75, 3.05) is 38.2 Å². The Morgan fingerprint density at radius 3 is 2.26 bits per heavy atom. The first kappa shape index (κ1) is 21.3. The van der Waals surface area contributed by atoms with Crippen LogP contribution in [0.5, 0.6) is 11.5 Å². The summed E-state index contributed by atoms with van der Waals surface area (Å²) in [4.78, 5) is 5.02. The largest absolute Gasteiger partial charge is 0.493 e. The normalized spacial score (nSPS) is 14.5. The molecule has 1 saturated heterocycles. The molecule has 0 bridgehead atoms. The smallest absolute Gasteiger partial charge is 0.161 e. The van der Waals surface area contributed by atoms with Crippen molar-refractivity contribution in [2.45, 2.75) is 27.0 Å². The summed E-state index contributed by atoms with van der Waals surface area (Å²) >= 11 is 0. The summed E-state index contributed by atoms with van der Waals surface area (Å²) in [7, 11) is 1.71. The van der Waals surface area contributed by atoms with Crippen LogP contribution in [-0.4, -0.2) is 38.2 Å². The molecule has 3 aromatic rings. The second kappa shape index (κ2) is 9.88. The molecule has 0 saturated carbocycles. The predicted octanol–water partition coefficient (Wildman–Crippen LogP) is 5.21. The van der Waals surface area contributed by atoms with Crippen LogP contribution in [0.15, 0.2) is 66.7 Å². The topological polar surface area (TPSA) is 24.9 Å². The van der Waals surface area contributed by atoms with Crippen molar-refractivity contribution in [1.29, 1.82) is 0 Å². The molecule has 0 radical (unpaired) electrons. The molecule has 0 spiro atoms. The number of anilines is 1. The lowest BCUT2D eigenvalue weighted by molar-refractivity contribution is 0.248. The highest BCUT2D eigenvalue weighted by Gasteiger charge is 2.19. The number of piperazine rings is 1. The number of rotatable bonds is 7. The first-order valence-electron chi connectivity index (χ1n) is 11.0. The molecule has 0 aromatic heterocycles. The number of ether oxygens (including phenoxy) is 2. The van der Waals surface area contributed by atoms with Gasteiger partial charge in [0.1, 0.15) is 6.61 Å². The minimum absolute atomic E-state index is 0.539. The maximum Gasteiger partial charge on any atom is 0.161 e. The van der Waals surface area contributed by atoms with Crippen LogP contribution in [0.1, 0.15) is 22.3 Å². The van der Waals surface area contributed by atoms with E-state index >= 15 is 0 Å². The molecule has 0 aliphatic carbocycles. The highest BCUT2D eigenvalue weighted by Crippen LogP contribution is 2.30. The SMILES string of the molecule is COc1cc(CN2CCN(c3ccc(C)cc3C)CC2)ccc1OCc1ccccc1. The Hall–Kier alpha value is -2.98. The number of hydrogen-bond acceptors (Lipinski definition) is 4. The molecule has 0 atom stereocenters. The third-order valence-corrected chi connectivity index (χ3v) is 5.94. The molecule has 4 heteroatoms. The minimum atomic E-state index is 0.539. The van der Waals surface area contributed by atoms with Crippen molar-refractivity contribution in [1.82, 2.24) is 4.90 Å². The van der Waals surface area contributed by atoms with Crippen molar-refractivity contribution in [2.24, 2.45) is 0 Å². The Morgan fingerprint density at radius 1 is 0.774 bits per heavy atom. The number of hydrogen-bond donors (Lipinski definition) is 0. The summed E-state index contributed by atoms with van der Waals surface area (Å²) in [6.45, 7) is 10.1. The van der Waals surface area contributed by atoms with E-state index in [2.05, 4.69) is 66.1 Å². The lowest BCUT2D eigenvalue weighted by Crippen LogP contribution is -2.46. The van der Waals surface area contributed by atoms with Crippen LogP contribution in [0.2, 0.25) is 0 Å². The number of benzene rings is 3. The quantitative estimate of drug-likeness (QED) is 0.528. The predicted molar refractivity (Wildman–Crippen MR) is 127 cm³/mol. The van der Waals surface area contributed by atoms with Gasteiger partial charge in [-0.3, -0.25) is 4.90 Å². The fraction of sp³-hybridized carbons (Fsp3) is 0.333. The van der Waals surface area contributed by atoms with E-state index in [1.807, 2.05) is 24.3 Å². The first-order chi connectivity index (χ1) is 15.1. The molecule has 0 amide bonds. The van der Waals surface area contributed by atoms with Gasteiger partial charge in [-0.1, -0.05) is 54.1 Å². The van der Waals surface area contributed by atoms with Crippen LogP contribution >= 0.6 is 0 Å². The maximum atomic E-state index is 6.00. The number of nitrogens with zero attached hydrogens (tertiary/aromatic N) is 2. The number of methoxy groups -OCH3 is 1. The van der Waals surface area contributed by atoms with E-state index in [0.29, 0.717) is 6.61 Å². The lowest BCUT2D eigenvalue weighted by atomic mass is 10.1. The van der Waals surface area contributed by atoms with E-state index in [4.69, 9.17) is 9.47 Å². The Bertz CT molecular complexity index is 995. The van der Waals surface area contributed by atoms with Gasteiger partial charge in [-0.2, -0.15) is 0 Å². The van der Waals surface area contributed by atoms with Gasteiger partial charge in [-0.15, -0.1) is 0 Å². The third kappa shape index (κ3) is 5.39. The van der Waals surface area contributed by atoms with Gasteiger partial charge >= 0.3 is 0 Å². The molecule has 3 aromatic carbocycles. The van der Waals surface area contributed by atoms with Crippen LogP contribution in [0.4, 0.5) is 5.69 Å². The minimum Gasteiger partial charge on any atom is -0.493 e. The Kier molecular flexibility index (Phi) is 6.78. The summed E-state index contributed by atoms with van der Waals surface area (Å²) < 4.78 is 11.6. The van der Waals surface area contributed by atoms with Crippen molar-refractivity contribution >= 4 is 5.69 Å². The fourth-order valence-corrected chi connectivity index (χ4v) is 4.23. The molecule has 1 fully saturated rings. The molecule has 1 heterocycles. The van der Waals surface area contributed by atoms with Crippen LogP contribution in [0, 0.1) is 13.8 Å². The van der Waals surface area contributed by atoms with Crippen molar-refractivity contribution in [3.05, 3.63) is 89.0 Å². The number of aryl methyl sites for hydroxylation is 2. The second-order valence-electron chi connectivity index (χ2n) is 8.31.